The summed E-state index contributed by atoms with van der Waals surface area (Å²) in [5.74, 6) is -1.10. The summed E-state index contributed by atoms with van der Waals surface area (Å²) in [5, 5.41) is 2.31. The zero-order valence-electron chi connectivity index (χ0n) is 12.3. The summed E-state index contributed by atoms with van der Waals surface area (Å²) in [6, 6.07) is 0.713. The van der Waals surface area contributed by atoms with Crippen LogP contribution >= 0.6 is 11.3 Å². The highest BCUT2D eigenvalue weighted by Crippen LogP contribution is 2.36. The number of carbonyl (C=O) groups excluding carboxylic acids is 1. The Kier molecular flexibility index (Phi) is 4.62. The van der Waals surface area contributed by atoms with Gasteiger partial charge in [-0.1, -0.05) is 0 Å². The van der Waals surface area contributed by atoms with Gasteiger partial charge in [0.1, 0.15) is 0 Å². The van der Waals surface area contributed by atoms with Crippen LogP contribution in [0.1, 0.15) is 32.1 Å². The third kappa shape index (κ3) is 4.05. The van der Waals surface area contributed by atoms with Crippen LogP contribution in [0.5, 0.6) is 0 Å². The van der Waals surface area contributed by atoms with E-state index in [0.29, 0.717) is 17.8 Å². The average Bonchev–Trinajstić information content (AvgIpc) is 2.74. The summed E-state index contributed by atoms with van der Waals surface area (Å²) in [4.78, 5) is 16.7. The van der Waals surface area contributed by atoms with Crippen molar-refractivity contribution >= 4 is 22.4 Å². The maximum atomic E-state index is 12.8. The molecule has 0 saturated heterocycles. The van der Waals surface area contributed by atoms with Gasteiger partial charge >= 0.3 is 12.4 Å². The van der Waals surface area contributed by atoms with Crippen molar-refractivity contribution in [2.45, 2.75) is 26.2 Å². The number of benzene rings is 1. The second-order valence-electron chi connectivity index (χ2n) is 4.91. The number of amides is 1. The van der Waals surface area contributed by atoms with E-state index < -0.39 is 35.0 Å². The summed E-state index contributed by atoms with van der Waals surface area (Å²) < 4.78 is 76.6. The summed E-state index contributed by atoms with van der Waals surface area (Å²) >= 11 is 1.07. The van der Waals surface area contributed by atoms with E-state index in [0.717, 1.165) is 16.2 Å². The molecule has 0 aliphatic carbocycles. The molecule has 130 valence electrons. The van der Waals surface area contributed by atoms with Crippen molar-refractivity contribution in [3.05, 3.63) is 45.5 Å². The molecule has 0 bridgehead atoms. The normalized spacial score (nSPS) is 12.3. The molecule has 2 aromatic rings. The number of hydrogen-bond acceptors (Lipinski definition) is 3. The van der Waals surface area contributed by atoms with Crippen LogP contribution < -0.4 is 5.32 Å². The number of hydrogen-bond donors (Lipinski definition) is 1. The van der Waals surface area contributed by atoms with E-state index in [2.05, 4.69) is 10.3 Å². The van der Waals surface area contributed by atoms with Gasteiger partial charge in [0.05, 0.1) is 16.8 Å². The number of carbonyl (C=O) groups is 1. The molecule has 1 aromatic carbocycles. The lowest BCUT2D eigenvalue weighted by molar-refractivity contribution is -0.143. The first-order valence-electron chi connectivity index (χ1n) is 6.43. The van der Waals surface area contributed by atoms with Gasteiger partial charge in [0, 0.05) is 10.4 Å². The SMILES string of the molecule is Cc1nc(NC(=O)c2cc(C(F)(F)F)cc(C(F)(F)F)c2)sc1C. The minimum Gasteiger partial charge on any atom is -0.298 e. The minimum absolute atomic E-state index is 0.0333. The molecule has 0 fully saturated rings. The number of aromatic nitrogens is 1. The summed E-state index contributed by atoms with van der Waals surface area (Å²) in [7, 11) is 0. The van der Waals surface area contributed by atoms with Crippen LogP contribution in [0.2, 0.25) is 0 Å². The predicted octanol–water partition coefficient (Wildman–Crippen LogP) is 5.05. The van der Waals surface area contributed by atoms with Gasteiger partial charge in [-0.15, -0.1) is 11.3 Å². The highest BCUT2D eigenvalue weighted by atomic mass is 32.1. The van der Waals surface area contributed by atoms with Crippen LogP contribution in [-0.2, 0) is 12.4 Å². The van der Waals surface area contributed by atoms with E-state index in [-0.39, 0.29) is 11.2 Å². The molecule has 1 N–H and O–H groups in total. The molecule has 0 atom stereocenters. The molecule has 0 saturated carbocycles. The minimum atomic E-state index is -5.01. The van der Waals surface area contributed by atoms with Crippen LogP contribution in [0, 0.1) is 13.8 Å². The van der Waals surface area contributed by atoms with Gasteiger partial charge in [-0.25, -0.2) is 4.98 Å². The lowest BCUT2D eigenvalue weighted by Crippen LogP contribution is -2.17. The fourth-order valence-corrected chi connectivity index (χ4v) is 2.59. The van der Waals surface area contributed by atoms with Crippen LogP contribution in [-0.4, -0.2) is 10.9 Å². The summed E-state index contributed by atoms with van der Waals surface area (Å²) in [5.41, 5.74) is -3.24. The topological polar surface area (TPSA) is 42.0 Å². The van der Waals surface area contributed by atoms with Gasteiger partial charge in [0.25, 0.3) is 5.91 Å². The monoisotopic (exact) mass is 368 g/mol. The second kappa shape index (κ2) is 6.08. The summed E-state index contributed by atoms with van der Waals surface area (Å²) in [6.07, 6.45) is -10.0. The molecule has 1 amide bonds. The van der Waals surface area contributed by atoms with Gasteiger partial charge in [-0.05, 0) is 32.0 Å². The average molecular weight is 368 g/mol. The first-order chi connectivity index (χ1) is 10.9. The van der Waals surface area contributed by atoms with Gasteiger partial charge < -0.3 is 0 Å². The fraction of sp³-hybridized carbons (Fsp3) is 0.286. The Hall–Kier alpha value is -2.10. The first kappa shape index (κ1) is 18.2. The molecule has 3 nitrogen and oxygen atoms in total. The molecule has 0 spiro atoms. The van der Waals surface area contributed by atoms with Crippen LogP contribution in [0.25, 0.3) is 0 Å². The van der Waals surface area contributed by atoms with E-state index in [1.165, 1.54) is 0 Å². The Morgan fingerprint density at radius 3 is 1.88 bits per heavy atom. The number of thiazole rings is 1. The zero-order valence-corrected chi connectivity index (χ0v) is 13.1. The fourth-order valence-electron chi connectivity index (χ4n) is 1.78. The Bertz CT molecular complexity index is 727. The lowest BCUT2D eigenvalue weighted by Gasteiger charge is -2.13. The van der Waals surface area contributed by atoms with Gasteiger partial charge in [0.15, 0.2) is 5.13 Å². The third-order valence-corrected chi connectivity index (χ3v) is 4.09. The molecular weight excluding hydrogens is 358 g/mol. The smallest absolute Gasteiger partial charge is 0.298 e. The number of rotatable bonds is 2. The van der Waals surface area contributed by atoms with Crippen molar-refractivity contribution in [3.8, 4) is 0 Å². The van der Waals surface area contributed by atoms with Crippen molar-refractivity contribution in [1.29, 1.82) is 0 Å². The first-order valence-corrected chi connectivity index (χ1v) is 7.24. The van der Waals surface area contributed by atoms with Crippen LogP contribution in [0.15, 0.2) is 18.2 Å². The van der Waals surface area contributed by atoms with Crippen LogP contribution in [0.3, 0.4) is 0 Å². The highest BCUT2D eigenvalue weighted by molar-refractivity contribution is 7.15. The number of halogens is 6. The Morgan fingerprint density at radius 1 is 1.00 bits per heavy atom. The van der Waals surface area contributed by atoms with Crippen molar-refractivity contribution in [2.24, 2.45) is 0 Å². The van der Waals surface area contributed by atoms with Crippen molar-refractivity contribution in [1.82, 2.24) is 4.98 Å². The molecule has 0 aliphatic heterocycles. The maximum absolute atomic E-state index is 12.8. The van der Waals surface area contributed by atoms with Crippen molar-refractivity contribution in [3.63, 3.8) is 0 Å². The molecule has 2 rings (SSSR count). The highest BCUT2D eigenvalue weighted by Gasteiger charge is 2.37. The molecule has 1 aromatic heterocycles. The Balaban J connectivity index is 2.42. The molecule has 1 heterocycles. The van der Waals surface area contributed by atoms with Gasteiger partial charge in [-0.2, -0.15) is 26.3 Å². The molecular formula is C14H10F6N2OS. The van der Waals surface area contributed by atoms with E-state index in [9.17, 15) is 31.1 Å². The van der Waals surface area contributed by atoms with Crippen molar-refractivity contribution in [2.75, 3.05) is 5.32 Å². The molecule has 10 heteroatoms. The number of nitrogens with one attached hydrogen (secondary N) is 1. The molecule has 0 aliphatic rings. The van der Waals surface area contributed by atoms with E-state index in [1.807, 2.05) is 0 Å². The van der Waals surface area contributed by atoms with E-state index in [1.54, 1.807) is 13.8 Å². The van der Waals surface area contributed by atoms with Gasteiger partial charge in [0.2, 0.25) is 0 Å². The zero-order chi connectivity index (χ0) is 18.3. The lowest BCUT2D eigenvalue weighted by atomic mass is 10.0. The number of aryl methyl sites for hydroxylation is 2. The summed E-state index contributed by atoms with van der Waals surface area (Å²) in [6.45, 7) is 3.38. The second-order valence-corrected chi connectivity index (χ2v) is 6.11. The molecule has 0 radical (unpaired) electrons. The van der Waals surface area contributed by atoms with E-state index in [4.69, 9.17) is 0 Å². The van der Waals surface area contributed by atoms with Gasteiger partial charge in [-0.3, -0.25) is 10.1 Å². The Morgan fingerprint density at radius 2 is 1.50 bits per heavy atom. The Labute approximate surface area is 136 Å². The standard InChI is InChI=1S/C14H10F6N2OS/c1-6-7(2)24-12(21-6)22-11(23)8-3-9(13(15,16)17)5-10(4-8)14(18,19)20/h3-5H,1-2H3,(H,21,22,23). The predicted molar refractivity (Wildman–Crippen MR) is 76.0 cm³/mol. The van der Waals surface area contributed by atoms with E-state index >= 15 is 0 Å². The number of anilines is 1. The third-order valence-electron chi connectivity index (χ3n) is 3.10. The molecule has 24 heavy (non-hydrogen) atoms. The number of nitrogens with zero attached hydrogens (tertiary/aromatic N) is 1. The largest absolute Gasteiger partial charge is 0.416 e. The number of alkyl halides is 6. The van der Waals surface area contributed by atoms with Crippen molar-refractivity contribution < 1.29 is 31.1 Å². The quantitative estimate of drug-likeness (QED) is 0.754. The molecule has 0 unspecified atom stereocenters. The maximum Gasteiger partial charge on any atom is 0.416 e. The van der Waals surface area contributed by atoms with Crippen LogP contribution in [0.4, 0.5) is 31.5 Å².